The molecule has 0 radical (unpaired) electrons. The summed E-state index contributed by atoms with van der Waals surface area (Å²) in [4.78, 5) is 25.8. The molecular weight excluding hydrogens is 412 g/mol. The Labute approximate surface area is 185 Å². The first kappa shape index (κ1) is 20.6. The minimum Gasteiger partial charge on any atom is -0.493 e. The van der Waals surface area contributed by atoms with E-state index in [1.807, 2.05) is 18.2 Å². The molecule has 3 aromatic rings. The first-order valence-electron chi connectivity index (χ1n) is 9.60. The zero-order chi connectivity index (χ0) is 22.0. The van der Waals surface area contributed by atoms with E-state index in [2.05, 4.69) is 29.6 Å². The minimum atomic E-state index is -0.524. The van der Waals surface area contributed by atoms with Gasteiger partial charge in [-0.2, -0.15) is 0 Å². The number of likely N-dealkylation sites (N-methyl/N-ethyl adjacent to an activating group) is 1. The van der Waals surface area contributed by atoms with Gasteiger partial charge in [-0.05, 0) is 58.4 Å². The standard InChI is InChI=1S/C24H20N2O4S/c1-26-23(28)19(22(27)25-24(26)31)12-15-8-10-20(21(13-15)29-2)30-14-16-7-9-17-5-3-4-6-18(17)11-16/h3-13H,14H2,1-2H3,(H,25,27,31). The Balaban J connectivity index is 1.54. The predicted molar refractivity (Wildman–Crippen MR) is 123 cm³/mol. The molecule has 2 amide bonds. The molecular formula is C24H20N2O4S. The van der Waals surface area contributed by atoms with Gasteiger partial charge < -0.3 is 9.47 Å². The fraction of sp³-hybridized carbons (Fsp3) is 0.125. The van der Waals surface area contributed by atoms with Gasteiger partial charge in [0.25, 0.3) is 11.8 Å². The Morgan fingerprint density at radius 2 is 1.77 bits per heavy atom. The maximum absolute atomic E-state index is 12.4. The van der Waals surface area contributed by atoms with Crippen LogP contribution in [-0.2, 0) is 16.2 Å². The van der Waals surface area contributed by atoms with Crippen LogP contribution in [0.3, 0.4) is 0 Å². The molecule has 31 heavy (non-hydrogen) atoms. The number of amides is 2. The number of methoxy groups -OCH3 is 1. The number of benzene rings is 3. The van der Waals surface area contributed by atoms with Gasteiger partial charge in [0, 0.05) is 7.05 Å². The van der Waals surface area contributed by atoms with Crippen LogP contribution in [0.2, 0.25) is 0 Å². The van der Waals surface area contributed by atoms with Crippen LogP contribution in [0.15, 0.2) is 66.2 Å². The zero-order valence-corrected chi connectivity index (χ0v) is 17.9. The van der Waals surface area contributed by atoms with Gasteiger partial charge in [0.15, 0.2) is 16.6 Å². The lowest BCUT2D eigenvalue weighted by Gasteiger charge is -2.25. The largest absolute Gasteiger partial charge is 0.493 e. The molecule has 1 aliphatic rings. The number of ether oxygens (including phenoxy) is 2. The molecule has 4 rings (SSSR count). The fourth-order valence-corrected chi connectivity index (χ4v) is 3.47. The van der Waals surface area contributed by atoms with Gasteiger partial charge in [0.1, 0.15) is 12.2 Å². The lowest BCUT2D eigenvalue weighted by Crippen LogP contribution is -2.52. The van der Waals surface area contributed by atoms with Crippen LogP contribution in [-0.4, -0.2) is 36.0 Å². The van der Waals surface area contributed by atoms with E-state index < -0.39 is 11.8 Å². The highest BCUT2D eigenvalue weighted by molar-refractivity contribution is 7.80. The summed E-state index contributed by atoms with van der Waals surface area (Å²) in [6.07, 6.45) is 1.51. The van der Waals surface area contributed by atoms with Crippen molar-refractivity contribution in [1.29, 1.82) is 0 Å². The number of nitrogens with one attached hydrogen (secondary N) is 1. The van der Waals surface area contributed by atoms with E-state index in [-0.39, 0.29) is 10.7 Å². The molecule has 0 atom stereocenters. The number of fused-ring (bicyclic) bond motifs is 1. The molecule has 1 heterocycles. The van der Waals surface area contributed by atoms with Crippen molar-refractivity contribution in [2.24, 2.45) is 0 Å². The van der Waals surface area contributed by atoms with Crippen molar-refractivity contribution in [2.75, 3.05) is 14.2 Å². The zero-order valence-electron chi connectivity index (χ0n) is 17.0. The van der Waals surface area contributed by atoms with Gasteiger partial charge in [0.2, 0.25) is 0 Å². The van der Waals surface area contributed by atoms with Crippen LogP contribution < -0.4 is 14.8 Å². The van der Waals surface area contributed by atoms with Gasteiger partial charge in [-0.1, -0.05) is 42.5 Å². The second kappa shape index (κ2) is 8.57. The van der Waals surface area contributed by atoms with E-state index in [1.165, 1.54) is 23.4 Å². The van der Waals surface area contributed by atoms with E-state index in [0.29, 0.717) is 23.7 Å². The van der Waals surface area contributed by atoms with Crippen LogP contribution >= 0.6 is 12.2 Å². The molecule has 6 nitrogen and oxygen atoms in total. The molecule has 3 aromatic carbocycles. The maximum atomic E-state index is 12.4. The average molecular weight is 433 g/mol. The summed E-state index contributed by atoms with van der Waals surface area (Å²) in [5.41, 5.74) is 1.67. The summed E-state index contributed by atoms with van der Waals surface area (Å²) in [6.45, 7) is 0.380. The van der Waals surface area contributed by atoms with Crippen LogP contribution in [0.4, 0.5) is 0 Å². The third-order valence-corrected chi connectivity index (χ3v) is 5.39. The molecule has 1 aliphatic heterocycles. The lowest BCUT2D eigenvalue weighted by atomic mass is 10.1. The molecule has 0 unspecified atom stereocenters. The van der Waals surface area contributed by atoms with Gasteiger partial charge >= 0.3 is 0 Å². The SMILES string of the molecule is COc1cc(C=C2C(=O)NC(=S)N(C)C2=O)ccc1OCc1ccc2ccccc2c1. The van der Waals surface area contributed by atoms with E-state index in [0.717, 1.165) is 10.9 Å². The second-order valence-electron chi connectivity index (χ2n) is 7.06. The Hall–Kier alpha value is -3.71. The van der Waals surface area contributed by atoms with Crippen molar-refractivity contribution in [1.82, 2.24) is 10.2 Å². The van der Waals surface area contributed by atoms with Crippen LogP contribution in [0.5, 0.6) is 11.5 Å². The molecule has 156 valence electrons. The third-order valence-electron chi connectivity index (χ3n) is 5.01. The molecule has 0 aromatic heterocycles. The van der Waals surface area contributed by atoms with Crippen LogP contribution in [0.1, 0.15) is 11.1 Å². The Bertz CT molecular complexity index is 1240. The Morgan fingerprint density at radius 3 is 2.55 bits per heavy atom. The quantitative estimate of drug-likeness (QED) is 0.378. The highest BCUT2D eigenvalue weighted by Gasteiger charge is 2.30. The molecule has 0 spiro atoms. The summed E-state index contributed by atoms with van der Waals surface area (Å²) in [7, 11) is 3.06. The van der Waals surface area contributed by atoms with Gasteiger partial charge in [-0.25, -0.2) is 0 Å². The van der Waals surface area contributed by atoms with E-state index in [9.17, 15) is 9.59 Å². The van der Waals surface area contributed by atoms with Crippen molar-refractivity contribution in [3.05, 3.63) is 77.4 Å². The summed E-state index contributed by atoms with van der Waals surface area (Å²) in [5, 5.41) is 4.90. The Kier molecular flexibility index (Phi) is 5.68. The molecule has 7 heteroatoms. The number of nitrogens with zero attached hydrogens (tertiary/aromatic N) is 1. The number of hydrogen-bond donors (Lipinski definition) is 1. The van der Waals surface area contributed by atoms with Crippen molar-refractivity contribution in [2.45, 2.75) is 6.61 Å². The third kappa shape index (κ3) is 4.27. The first-order chi connectivity index (χ1) is 15.0. The average Bonchev–Trinajstić information content (AvgIpc) is 2.79. The van der Waals surface area contributed by atoms with Gasteiger partial charge in [0.05, 0.1) is 7.11 Å². The topological polar surface area (TPSA) is 67.9 Å². The lowest BCUT2D eigenvalue weighted by molar-refractivity contribution is -0.128. The summed E-state index contributed by atoms with van der Waals surface area (Å²) in [5.74, 6) is 0.0891. The molecule has 0 aliphatic carbocycles. The smallest absolute Gasteiger partial charge is 0.265 e. The normalized spacial score (nSPS) is 15.4. The highest BCUT2D eigenvalue weighted by atomic mass is 32.1. The molecule has 1 N–H and O–H groups in total. The summed E-state index contributed by atoms with van der Waals surface area (Å²) in [6, 6.07) is 19.6. The predicted octanol–water partition coefficient (Wildman–Crippen LogP) is 3.68. The van der Waals surface area contributed by atoms with Crippen LogP contribution in [0, 0.1) is 0 Å². The Morgan fingerprint density at radius 1 is 1.00 bits per heavy atom. The number of rotatable bonds is 5. The van der Waals surface area contributed by atoms with Crippen molar-refractivity contribution in [3.63, 3.8) is 0 Å². The number of carbonyl (C=O) groups is 2. The van der Waals surface area contributed by atoms with E-state index in [4.69, 9.17) is 21.7 Å². The molecule has 1 fully saturated rings. The molecule has 0 saturated carbocycles. The molecule has 1 saturated heterocycles. The summed E-state index contributed by atoms with van der Waals surface area (Å²) >= 11 is 4.96. The molecule has 0 bridgehead atoms. The minimum absolute atomic E-state index is 0.00276. The van der Waals surface area contributed by atoms with Gasteiger partial charge in [-0.15, -0.1) is 0 Å². The second-order valence-corrected chi connectivity index (χ2v) is 7.45. The van der Waals surface area contributed by atoms with Crippen molar-refractivity contribution in [3.8, 4) is 11.5 Å². The fourth-order valence-electron chi connectivity index (χ4n) is 3.30. The maximum Gasteiger partial charge on any atom is 0.265 e. The van der Waals surface area contributed by atoms with Crippen LogP contribution in [0.25, 0.3) is 16.8 Å². The number of carbonyl (C=O) groups excluding carboxylic acids is 2. The van der Waals surface area contributed by atoms with E-state index in [1.54, 1.807) is 25.3 Å². The highest BCUT2D eigenvalue weighted by Crippen LogP contribution is 2.30. The monoisotopic (exact) mass is 432 g/mol. The van der Waals surface area contributed by atoms with Crippen molar-refractivity contribution >= 4 is 46.0 Å². The summed E-state index contributed by atoms with van der Waals surface area (Å²) < 4.78 is 11.4. The van der Waals surface area contributed by atoms with E-state index >= 15 is 0 Å². The number of thiocarbonyl (C=S) groups is 1. The first-order valence-corrected chi connectivity index (χ1v) is 10.0. The van der Waals surface area contributed by atoms with Gasteiger partial charge in [-0.3, -0.25) is 19.8 Å². The van der Waals surface area contributed by atoms with Crippen molar-refractivity contribution < 1.29 is 19.1 Å². The number of hydrogen-bond acceptors (Lipinski definition) is 5.